The van der Waals surface area contributed by atoms with Gasteiger partial charge in [0, 0.05) is 17.9 Å². The second-order valence-electron chi connectivity index (χ2n) is 3.60. The van der Waals surface area contributed by atoms with E-state index in [1.807, 2.05) is 0 Å². The van der Waals surface area contributed by atoms with Gasteiger partial charge in [0.2, 0.25) is 10.0 Å². The number of nitrogens with one attached hydrogen (secondary N) is 1. The quantitative estimate of drug-likeness (QED) is 0.840. The van der Waals surface area contributed by atoms with Gasteiger partial charge in [-0.2, -0.15) is 0 Å². The van der Waals surface area contributed by atoms with Gasteiger partial charge >= 0.3 is 0 Å². The summed E-state index contributed by atoms with van der Waals surface area (Å²) in [6.07, 6.45) is 1.96. The minimum absolute atomic E-state index is 0.0137. The van der Waals surface area contributed by atoms with E-state index in [0.717, 1.165) is 16.2 Å². The SMILES string of the molecule is O=S(=O)(NCc1ccco1)c1ccc(CCO)s1. The van der Waals surface area contributed by atoms with Gasteiger partial charge in [0.25, 0.3) is 0 Å². The zero-order chi connectivity index (χ0) is 13.0. The molecule has 2 N–H and O–H groups in total. The first-order valence-electron chi connectivity index (χ1n) is 5.33. The number of aliphatic hydroxyl groups is 1. The highest BCUT2D eigenvalue weighted by Gasteiger charge is 2.16. The van der Waals surface area contributed by atoms with E-state index in [-0.39, 0.29) is 17.4 Å². The molecule has 2 aromatic heterocycles. The standard InChI is InChI=1S/C11H13NO4S2/c13-6-5-10-3-4-11(17-10)18(14,15)12-8-9-2-1-7-16-9/h1-4,7,12-13H,5-6,8H2. The monoisotopic (exact) mass is 287 g/mol. The smallest absolute Gasteiger partial charge is 0.250 e. The molecule has 0 atom stereocenters. The Labute approximate surface area is 109 Å². The van der Waals surface area contributed by atoms with Crippen LogP contribution in [0.4, 0.5) is 0 Å². The average molecular weight is 287 g/mol. The molecule has 0 aliphatic heterocycles. The number of furan rings is 1. The molecule has 0 aliphatic rings. The van der Waals surface area contributed by atoms with Crippen LogP contribution < -0.4 is 4.72 Å². The van der Waals surface area contributed by atoms with E-state index in [4.69, 9.17) is 9.52 Å². The highest BCUT2D eigenvalue weighted by molar-refractivity contribution is 7.91. The maximum Gasteiger partial charge on any atom is 0.250 e. The molecule has 0 amide bonds. The van der Waals surface area contributed by atoms with Crippen LogP contribution in [0.1, 0.15) is 10.6 Å². The number of sulfonamides is 1. The third-order valence-corrected chi connectivity index (χ3v) is 5.31. The van der Waals surface area contributed by atoms with Gasteiger partial charge in [-0.05, 0) is 24.3 Å². The molecule has 98 valence electrons. The molecule has 2 rings (SSSR count). The van der Waals surface area contributed by atoms with Gasteiger partial charge in [0.15, 0.2) is 0 Å². The average Bonchev–Trinajstić information content (AvgIpc) is 2.98. The summed E-state index contributed by atoms with van der Waals surface area (Å²) in [6.45, 7) is 0.141. The molecule has 5 nitrogen and oxygen atoms in total. The molecule has 0 unspecified atom stereocenters. The molecule has 2 aromatic rings. The molecule has 7 heteroatoms. The Morgan fingerprint density at radius 1 is 1.33 bits per heavy atom. The summed E-state index contributed by atoms with van der Waals surface area (Å²) in [5, 5.41) is 8.79. The molecule has 0 bridgehead atoms. The fourth-order valence-corrected chi connectivity index (χ4v) is 3.78. The van der Waals surface area contributed by atoms with Crippen molar-refractivity contribution >= 4 is 21.4 Å². The lowest BCUT2D eigenvalue weighted by Gasteiger charge is -2.02. The van der Waals surface area contributed by atoms with Gasteiger partial charge in [-0.3, -0.25) is 0 Å². The van der Waals surface area contributed by atoms with Crippen LogP contribution >= 0.6 is 11.3 Å². The fourth-order valence-electron chi connectivity index (χ4n) is 1.40. The molecular formula is C11H13NO4S2. The third kappa shape index (κ3) is 3.20. The summed E-state index contributed by atoms with van der Waals surface area (Å²) in [4.78, 5) is 0.843. The Morgan fingerprint density at radius 2 is 2.17 bits per heavy atom. The number of hydrogen-bond donors (Lipinski definition) is 2. The summed E-state index contributed by atoms with van der Waals surface area (Å²) in [7, 11) is -3.51. The van der Waals surface area contributed by atoms with Gasteiger partial charge in [0.05, 0.1) is 12.8 Å². The minimum Gasteiger partial charge on any atom is -0.468 e. The lowest BCUT2D eigenvalue weighted by molar-refractivity contribution is 0.300. The van der Waals surface area contributed by atoms with Gasteiger partial charge in [-0.25, -0.2) is 13.1 Å². The highest BCUT2D eigenvalue weighted by Crippen LogP contribution is 2.21. The first-order chi connectivity index (χ1) is 8.62. The maximum atomic E-state index is 11.9. The van der Waals surface area contributed by atoms with Crippen LogP contribution in [0, 0.1) is 0 Å². The maximum absolute atomic E-state index is 11.9. The van der Waals surface area contributed by atoms with Gasteiger partial charge in [-0.15, -0.1) is 11.3 Å². The van der Waals surface area contributed by atoms with Crippen molar-refractivity contribution in [2.24, 2.45) is 0 Å². The van der Waals surface area contributed by atoms with Crippen molar-refractivity contribution in [2.75, 3.05) is 6.61 Å². The Morgan fingerprint density at radius 3 is 2.83 bits per heavy atom. The van der Waals surface area contributed by atoms with Crippen molar-refractivity contribution in [3.8, 4) is 0 Å². The van der Waals surface area contributed by atoms with Crippen molar-refractivity contribution < 1.29 is 17.9 Å². The lowest BCUT2D eigenvalue weighted by Crippen LogP contribution is -2.22. The largest absolute Gasteiger partial charge is 0.468 e. The second-order valence-corrected chi connectivity index (χ2v) is 6.76. The third-order valence-electron chi connectivity index (χ3n) is 2.28. The first kappa shape index (κ1) is 13.3. The Balaban J connectivity index is 2.05. The zero-order valence-electron chi connectivity index (χ0n) is 9.50. The summed E-state index contributed by atoms with van der Waals surface area (Å²) in [5.41, 5.74) is 0. The number of aliphatic hydroxyl groups excluding tert-OH is 1. The van der Waals surface area contributed by atoms with Gasteiger partial charge < -0.3 is 9.52 Å². The minimum atomic E-state index is -3.51. The van der Waals surface area contributed by atoms with Crippen LogP contribution in [0.25, 0.3) is 0 Å². The predicted octanol–water partition coefficient (Wildman–Crippen LogP) is 1.35. The Hall–Kier alpha value is -1.15. The topological polar surface area (TPSA) is 79.5 Å². The molecule has 0 aromatic carbocycles. The Kier molecular flexibility index (Phi) is 4.18. The summed E-state index contributed by atoms with van der Waals surface area (Å²) in [6, 6.07) is 6.66. The summed E-state index contributed by atoms with van der Waals surface area (Å²) in [5.74, 6) is 0.561. The summed E-state index contributed by atoms with van der Waals surface area (Å²) >= 11 is 1.16. The summed E-state index contributed by atoms with van der Waals surface area (Å²) < 4.78 is 31.6. The fraction of sp³-hybridized carbons (Fsp3) is 0.273. The molecular weight excluding hydrogens is 274 g/mol. The van der Waals surface area contributed by atoms with E-state index in [0.29, 0.717) is 12.2 Å². The second kappa shape index (κ2) is 5.66. The van der Waals surface area contributed by atoms with Crippen LogP contribution in [-0.2, 0) is 23.0 Å². The molecule has 0 spiro atoms. The normalized spacial score (nSPS) is 11.8. The van der Waals surface area contributed by atoms with Crippen LogP contribution in [-0.4, -0.2) is 20.1 Å². The van der Waals surface area contributed by atoms with E-state index < -0.39 is 10.0 Å². The highest BCUT2D eigenvalue weighted by atomic mass is 32.2. The van der Waals surface area contributed by atoms with E-state index in [9.17, 15) is 8.42 Å². The molecule has 18 heavy (non-hydrogen) atoms. The Bertz CT molecular complexity index is 586. The molecule has 0 aliphatic carbocycles. The van der Waals surface area contributed by atoms with E-state index in [2.05, 4.69) is 4.72 Å². The van der Waals surface area contributed by atoms with Crippen molar-refractivity contribution in [2.45, 2.75) is 17.2 Å². The molecule has 0 saturated carbocycles. The van der Waals surface area contributed by atoms with Crippen LogP contribution in [0.3, 0.4) is 0 Å². The van der Waals surface area contributed by atoms with Crippen molar-refractivity contribution in [3.63, 3.8) is 0 Å². The van der Waals surface area contributed by atoms with Gasteiger partial charge in [-0.1, -0.05) is 0 Å². The van der Waals surface area contributed by atoms with Crippen molar-refractivity contribution in [1.29, 1.82) is 0 Å². The van der Waals surface area contributed by atoms with E-state index >= 15 is 0 Å². The molecule has 2 heterocycles. The van der Waals surface area contributed by atoms with Crippen LogP contribution in [0.2, 0.25) is 0 Å². The van der Waals surface area contributed by atoms with E-state index in [1.54, 1.807) is 24.3 Å². The van der Waals surface area contributed by atoms with Gasteiger partial charge in [0.1, 0.15) is 9.97 Å². The van der Waals surface area contributed by atoms with Crippen LogP contribution in [0.5, 0.6) is 0 Å². The lowest BCUT2D eigenvalue weighted by atomic mass is 10.4. The first-order valence-corrected chi connectivity index (χ1v) is 7.63. The molecule has 0 saturated heterocycles. The van der Waals surface area contributed by atoms with Crippen molar-refractivity contribution in [3.05, 3.63) is 41.2 Å². The molecule has 0 radical (unpaired) electrons. The number of thiophene rings is 1. The predicted molar refractivity (Wildman–Crippen MR) is 67.8 cm³/mol. The van der Waals surface area contributed by atoms with Crippen LogP contribution in [0.15, 0.2) is 39.2 Å². The van der Waals surface area contributed by atoms with Crippen molar-refractivity contribution in [1.82, 2.24) is 4.72 Å². The van der Waals surface area contributed by atoms with E-state index in [1.165, 1.54) is 6.26 Å². The zero-order valence-corrected chi connectivity index (χ0v) is 11.1. The number of hydrogen-bond acceptors (Lipinski definition) is 5. The molecule has 0 fully saturated rings. The number of rotatable bonds is 6.